The van der Waals surface area contributed by atoms with Crippen LogP contribution in [-0.2, 0) is 6.42 Å². The predicted molar refractivity (Wildman–Crippen MR) is 79.6 cm³/mol. The second-order valence-corrected chi connectivity index (χ2v) is 5.99. The van der Waals surface area contributed by atoms with E-state index < -0.39 is 0 Å². The van der Waals surface area contributed by atoms with Crippen LogP contribution in [0, 0.1) is 18.8 Å². The van der Waals surface area contributed by atoms with Crippen molar-refractivity contribution in [3.63, 3.8) is 0 Å². The lowest BCUT2D eigenvalue weighted by atomic mass is 9.89. The molecule has 102 valence electrons. The van der Waals surface area contributed by atoms with Crippen molar-refractivity contribution >= 4 is 23.2 Å². The Labute approximate surface area is 120 Å². The highest BCUT2D eigenvalue weighted by Crippen LogP contribution is 2.23. The molecular weight excluding hydrogens is 267 g/mol. The van der Waals surface area contributed by atoms with Gasteiger partial charge in [0.05, 0.1) is 0 Å². The fourth-order valence-electron chi connectivity index (χ4n) is 2.11. The van der Waals surface area contributed by atoms with Crippen molar-refractivity contribution in [2.24, 2.45) is 11.8 Å². The van der Waals surface area contributed by atoms with Crippen LogP contribution in [0.1, 0.15) is 24.5 Å². The van der Waals surface area contributed by atoms with Gasteiger partial charge in [-0.15, -0.1) is 23.2 Å². The van der Waals surface area contributed by atoms with E-state index in [1.807, 2.05) is 0 Å². The molecule has 1 rings (SSSR count). The average molecular weight is 289 g/mol. The first-order valence-corrected chi connectivity index (χ1v) is 7.40. The second kappa shape index (κ2) is 8.04. The first-order valence-electron chi connectivity index (χ1n) is 6.43. The van der Waals surface area contributed by atoms with Crippen LogP contribution >= 0.6 is 23.2 Å². The monoisotopic (exact) mass is 288 g/mol. The topological polar surface area (TPSA) is 20.2 Å². The Hall–Kier alpha value is -0.240. The van der Waals surface area contributed by atoms with Crippen molar-refractivity contribution in [2.75, 3.05) is 12.5 Å². The summed E-state index contributed by atoms with van der Waals surface area (Å²) in [6.45, 7) is 4.37. The molecule has 0 amide bonds. The first-order chi connectivity index (χ1) is 8.56. The molecule has 1 aromatic rings. The van der Waals surface area contributed by atoms with Crippen molar-refractivity contribution in [2.45, 2.75) is 32.1 Å². The summed E-state index contributed by atoms with van der Waals surface area (Å²) >= 11 is 11.9. The third-order valence-electron chi connectivity index (χ3n) is 3.37. The Kier molecular flexibility index (Phi) is 7.06. The molecule has 1 N–H and O–H groups in total. The number of hydrogen-bond donors (Lipinski definition) is 1. The largest absolute Gasteiger partial charge is 0.396 e. The summed E-state index contributed by atoms with van der Waals surface area (Å²) in [5.41, 5.74) is 2.53. The molecule has 0 aliphatic heterocycles. The molecule has 0 saturated heterocycles. The van der Waals surface area contributed by atoms with E-state index in [4.69, 9.17) is 23.2 Å². The molecule has 0 aliphatic carbocycles. The summed E-state index contributed by atoms with van der Waals surface area (Å²) in [5.74, 6) is 1.05. The highest BCUT2D eigenvalue weighted by Gasteiger charge is 2.18. The first kappa shape index (κ1) is 15.8. The fourth-order valence-corrected chi connectivity index (χ4v) is 2.51. The highest BCUT2D eigenvalue weighted by molar-refractivity contribution is 6.28. The molecule has 0 radical (unpaired) electrons. The fraction of sp³-hybridized carbons (Fsp3) is 0.600. The van der Waals surface area contributed by atoms with E-state index in [0.717, 1.165) is 12.8 Å². The number of aryl methyl sites for hydroxylation is 1. The molecule has 18 heavy (non-hydrogen) atoms. The number of rotatable bonds is 7. The van der Waals surface area contributed by atoms with Crippen LogP contribution in [0.3, 0.4) is 0 Å². The maximum Gasteiger partial charge on any atom is 0.0497 e. The smallest absolute Gasteiger partial charge is 0.0497 e. The second-order valence-electron chi connectivity index (χ2n) is 5.12. The zero-order chi connectivity index (χ0) is 13.5. The zero-order valence-corrected chi connectivity index (χ0v) is 12.6. The van der Waals surface area contributed by atoms with Crippen LogP contribution in [0.15, 0.2) is 24.3 Å². The molecule has 0 aromatic heterocycles. The van der Waals surface area contributed by atoms with Gasteiger partial charge in [-0.1, -0.05) is 36.8 Å². The standard InChI is InChI=1S/C15H22Cl2O/c1-11-3-5-13(6-4-11)8-14(10-18)7-12(2)15(17)9-16/h3-6,12,14-15,18H,7-10H2,1-2H3/t12-,14+,15-/m0/s1. The molecule has 0 unspecified atom stereocenters. The van der Waals surface area contributed by atoms with E-state index in [1.54, 1.807) is 0 Å². The lowest BCUT2D eigenvalue weighted by Gasteiger charge is -2.21. The van der Waals surface area contributed by atoms with Crippen LogP contribution in [0.2, 0.25) is 0 Å². The van der Waals surface area contributed by atoms with Crippen LogP contribution in [0.5, 0.6) is 0 Å². The van der Waals surface area contributed by atoms with Gasteiger partial charge in [-0.25, -0.2) is 0 Å². The van der Waals surface area contributed by atoms with Gasteiger partial charge in [0, 0.05) is 17.9 Å². The molecule has 1 aromatic carbocycles. The number of aliphatic hydroxyl groups excluding tert-OH is 1. The van der Waals surface area contributed by atoms with Crippen molar-refractivity contribution in [3.05, 3.63) is 35.4 Å². The summed E-state index contributed by atoms with van der Waals surface area (Å²) in [6.07, 6.45) is 1.80. The van der Waals surface area contributed by atoms with E-state index >= 15 is 0 Å². The molecule has 1 nitrogen and oxygen atoms in total. The third kappa shape index (κ3) is 5.17. The minimum Gasteiger partial charge on any atom is -0.396 e. The molecular formula is C15H22Cl2O. The van der Waals surface area contributed by atoms with Crippen LogP contribution in [-0.4, -0.2) is 23.0 Å². The Morgan fingerprint density at radius 1 is 1.22 bits per heavy atom. The molecule has 0 fully saturated rings. The van der Waals surface area contributed by atoms with Gasteiger partial charge in [0.15, 0.2) is 0 Å². The number of alkyl halides is 2. The summed E-state index contributed by atoms with van der Waals surface area (Å²) in [5, 5.41) is 9.45. The summed E-state index contributed by atoms with van der Waals surface area (Å²) in [6, 6.07) is 8.47. The van der Waals surface area contributed by atoms with E-state index in [9.17, 15) is 5.11 Å². The van der Waals surface area contributed by atoms with Crippen molar-refractivity contribution in [1.82, 2.24) is 0 Å². The number of benzene rings is 1. The number of hydrogen-bond acceptors (Lipinski definition) is 1. The van der Waals surface area contributed by atoms with Crippen LogP contribution < -0.4 is 0 Å². The lowest BCUT2D eigenvalue weighted by Crippen LogP contribution is -2.20. The van der Waals surface area contributed by atoms with Crippen LogP contribution in [0.4, 0.5) is 0 Å². The minimum absolute atomic E-state index is 0.0151. The summed E-state index contributed by atoms with van der Waals surface area (Å²) in [4.78, 5) is 0. The van der Waals surface area contributed by atoms with Crippen LogP contribution in [0.25, 0.3) is 0 Å². The highest BCUT2D eigenvalue weighted by atomic mass is 35.5. The number of halogens is 2. The Morgan fingerprint density at radius 2 is 1.83 bits per heavy atom. The Balaban J connectivity index is 2.54. The van der Waals surface area contributed by atoms with Gasteiger partial charge in [-0.2, -0.15) is 0 Å². The maximum atomic E-state index is 9.47. The van der Waals surface area contributed by atoms with Gasteiger partial charge in [-0.3, -0.25) is 0 Å². The van der Waals surface area contributed by atoms with Gasteiger partial charge in [0.1, 0.15) is 0 Å². The minimum atomic E-state index is -0.0151. The average Bonchev–Trinajstić information content (AvgIpc) is 2.39. The Bertz CT molecular complexity index is 337. The predicted octanol–water partition coefficient (Wildman–Crippen LogP) is 4.02. The summed E-state index contributed by atoms with van der Waals surface area (Å²) in [7, 11) is 0. The van der Waals surface area contributed by atoms with E-state index in [2.05, 4.69) is 38.1 Å². The van der Waals surface area contributed by atoms with Crippen molar-refractivity contribution in [3.8, 4) is 0 Å². The third-order valence-corrected chi connectivity index (χ3v) is 4.45. The number of aliphatic hydroxyl groups is 1. The van der Waals surface area contributed by atoms with Gasteiger partial charge < -0.3 is 5.11 Å². The van der Waals surface area contributed by atoms with Gasteiger partial charge in [-0.05, 0) is 37.2 Å². The SMILES string of the molecule is Cc1ccc(C[C@H](CO)C[C@H](C)[C@@H](Cl)CCl)cc1. The molecule has 0 saturated carbocycles. The molecule has 3 heteroatoms. The van der Waals surface area contributed by atoms with Crippen molar-refractivity contribution < 1.29 is 5.11 Å². The van der Waals surface area contributed by atoms with E-state index in [-0.39, 0.29) is 17.9 Å². The van der Waals surface area contributed by atoms with Gasteiger partial charge in [0.2, 0.25) is 0 Å². The normalized spacial score (nSPS) is 16.3. The maximum absolute atomic E-state index is 9.47. The Morgan fingerprint density at radius 3 is 2.33 bits per heavy atom. The van der Waals surface area contributed by atoms with Gasteiger partial charge in [0.25, 0.3) is 0 Å². The quantitative estimate of drug-likeness (QED) is 0.752. The molecule has 3 atom stereocenters. The molecule has 0 bridgehead atoms. The lowest BCUT2D eigenvalue weighted by molar-refractivity contribution is 0.202. The van der Waals surface area contributed by atoms with E-state index in [1.165, 1.54) is 11.1 Å². The summed E-state index contributed by atoms with van der Waals surface area (Å²) < 4.78 is 0. The molecule has 0 spiro atoms. The van der Waals surface area contributed by atoms with Crippen molar-refractivity contribution in [1.29, 1.82) is 0 Å². The molecule has 0 heterocycles. The van der Waals surface area contributed by atoms with E-state index in [0.29, 0.717) is 11.8 Å². The zero-order valence-electron chi connectivity index (χ0n) is 11.1. The van der Waals surface area contributed by atoms with Gasteiger partial charge >= 0.3 is 0 Å². The molecule has 0 aliphatic rings.